The van der Waals surface area contributed by atoms with E-state index in [-0.39, 0.29) is 17.9 Å². The Hall–Kier alpha value is -2.94. The molecule has 1 aliphatic heterocycles. The van der Waals surface area contributed by atoms with E-state index in [1.54, 1.807) is 23.0 Å². The zero-order valence-corrected chi connectivity index (χ0v) is 16.7. The van der Waals surface area contributed by atoms with Crippen molar-refractivity contribution in [3.63, 3.8) is 0 Å². The minimum absolute atomic E-state index is 0.165. The maximum Gasteiger partial charge on any atom is 0.315 e. The monoisotopic (exact) mass is 405 g/mol. The lowest BCUT2D eigenvalue weighted by atomic mass is 9.98. The molecule has 0 bridgehead atoms. The van der Waals surface area contributed by atoms with Crippen molar-refractivity contribution >= 4 is 12.0 Å². The molecular weight excluding hydrogens is 377 g/mol. The summed E-state index contributed by atoms with van der Waals surface area (Å²) < 4.78 is 14.7. The summed E-state index contributed by atoms with van der Waals surface area (Å²) in [6.07, 6.45) is 5.74. The van der Waals surface area contributed by atoms with Crippen molar-refractivity contribution in [3.05, 3.63) is 48.0 Å². The molecule has 1 saturated heterocycles. The topological polar surface area (TPSA) is 108 Å². The van der Waals surface area contributed by atoms with E-state index >= 15 is 0 Å². The third-order valence-electron chi connectivity index (χ3n) is 4.55. The Kier molecular flexibility index (Phi) is 8.60. The number of carbonyl (C=O) groups is 2. The molecule has 9 heteroatoms. The summed E-state index contributed by atoms with van der Waals surface area (Å²) in [6.45, 7) is 5.74. The molecule has 2 aromatic rings. The van der Waals surface area contributed by atoms with Gasteiger partial charge in [-0.05, 0) is 63.0 Å². The summed E-state index contributed by atoms with van der Waals surface area (Å²) in [5, 5.41) is 20.9. The molecule has 0 radical (unpaired) electrons. The SMILES string of the molecule is CC(=O)O.CC(NC(=O)NCC1CCNCC1)c1cnn(-c2ccc(F)cc2)c1. The van der Waals surface area contributed by atoms with Gasteiger partial charge in [-0.15, -0.1) is 0 Å². The van der Waals surface area contributed by atoms with Gasteiger partial charge in [-0.3, -0.25) is 4.79 Å². The number of nitrogens with zero attached hydrogens (tertiary/aromatic N) is 2. The lowest BCUT2D eigenvalue weighted by Gasteiger charge is -2.23. The second-order valence-electron chi connectivity index (χ2n) is 6.98. The fourth-order valence-corrected chi connectivity index (χ4v) is 2.95. The molecule has 1 aliphatic rings. The van der Waals surface area contributed by atoms with Gasteiger partial charge in [0, 0.05) is 25.2 Å². The Bertz CT molecular complexity index is 784. The molecule has 1 atom stereocenters. The van der Waals surface area contributed by atoms with Gasteiger partial charge in [-0.1, -0.05) is 0 Å². The van der Waals surface area contributed by atoms with E-state index in [1.165, 1.54) is 12.1 Å². The highest BCUT2D eigenvalue weighted by molar-refractivity contribution is 5.74. The van der Waals surface area contributed by atoms with Crippen molar-refractivity contribution in [2.24, 2.45) is 5.92 Å². The van der Waals surface area contributed by atoms with Gasteiger partial charge < -0.3 is 21.1 Å². The van der Waals surface area contributed by atoms with E-state index in [1.807, 2.05) is 13.1 Å². The second-order valence-corrected chi connectivity index (χ2v) is 6.98. The van der Waals surface area contributed by atoms with Crippen molar-refractivity contribution in [1.29, 1.82) is 0 Å². The minimum Gasteiger partial charge on any atom is -0.481 e. The molecule has 0 saturated carbocycles. The molecular formula is C20H28FN5O3. The van der Waals surface area contributed by atoms with Crippen LogP contribution in [0.1, 0.15) is 38.3 Å². The van der Waals surface area contributed by atoms with Gasteiger partial charge in [0.2, 0.25) is 0 Å². The zero-order valence-electron chi connectivity index (χ0n) is 16.7. The molecule has 1 unspecified atom stereocenters. The Balaban J connectivity index is 0.000000687. The Labute approximate surface area is 169 Å². The predicted octanol–water partition coefficient (Wildman–Crippen LogP) is 2.46. The normalized spacial score (nSPS) is 15.0. The number of urea groups is 1. The molecule has 0 aliphatic carbocycles. The van der Waals surface area contributed by atoms with Crippen molar-refractivity contribution in [1.82, 2.24) is 25.7 Å². The molecule has 1 aromatic carbocycles. The highest BCUT2D eigenvalue weighted by atomic mass is 19.1. The second kappa shape index (κ2) is 11.2. The molecule has 158 valence electrons. The first-order chi connectivity index (χ1) is 13.8. The van der Waals surface area contributed by atoms with Crippen LogP contribution in [0.2, 0.25) is 0 Å². The number of nitrogens with one attached hydrogen (secondary N) is 3. The van der Waals surface area contributed by atoms with Gasteiger partial charge in [-0.2, -0.15) is 5.10 Å². The fourth-order valence-electron chi connectivity index (χ4n) is 2.95. The Morgan fingerprint density at radius 2 is 1.93 bits per heavy atom. The van der Waals surface area contributed by atoms with E-state index < -0.39 is 5.97 Å². The van der Waals surface area contributed by atoms with Crippen LogP contribution in [0, 0.1) is 11.7 Å². The number of aromatic nitrogens is 2. The van der Waals surface area contributed by atoms with Crippen LogP contribution >= 0.6 is 0 Å². The third kappa shape index (κ3) is 7.90. The molecule has 1 fully saturated rings. The molecule has 2 amide bonds. The van der Waals surface area contributed by atoms with Crippen LogP contribution in [0.25, 0.3) is 5.69 Å². The molecule has 29 heavy (non-hydrogen) atoms. The van der Waals surface area contributed by atoms with Gasteiger partial charge in [-0.25, -0.2) is 13.9 Å². The van der Waals surface area contributed by atoms with Crippen LogP contribution in [0.3, 0.4) is 0 Å². The van der Waals surface area contributed by atoms with E-state index in [9.17, 15) is 9.18 Å². The number of piperidine rings is 1. The van der Waals surface area contributed by atoms with Crippen LogP contribution in [-0.4, -0.2) is 46.5 Å². The van der Waals surface area contributed by atoms with Gasteiger partial charge in [0.25, 0.3) is 5.97 Å². The molecule has 1 aromatic heterocycles. The lowest BCUT2D eigenvalue weighted by molar-refractivity contribution is -0.134. The first kappa shape index (κ1) is 22.4. The zero-order chi connectivity index (χ0) is 21.2. The van der Waals surface area contributed by atoms with Crippen molar-refractivity contribution in [3.8, 4) is 5.69 Å². The number of carbonyl (C=O) groups excluding carboxylic acids is 1. The molecule has 2 heterocycles. The number of amides is 2. The highest BCUT2D eigenvalue weighted by Crippen LogP contribution is 2.15. The van der Waals surface area contributed by atoms with Crippen molar-refractivity contribution < 1.29 is 19.1 Å². The lowest BCUT2D eigenvalue weighted by Crippen LogP contribution is -2.41. The number of halogens is 1. The van der Waals surface area contributed by atoms with Gasteiger partial charge in [0.1, 0.15) is 5.82 Å². The fraction of sp³-hybridized carbons (Fsp3) is 0.450. The number of aliphatic carboxylic acids is 1. The summed E-state index contributed by atoms with van der Waals surface area (Å²) in [7, 11) is 0. The molecule has 0 spiro atoms. The summed E-state index contributed by atoms with van der Waals surface area (Å²) in [5.41, 5.74) is 1.66. The van der Waals surface area contributed by atoms with Gasteiger partial charge in [0.15, 0.2) is 0 Å². The number of carboxylic acid groups (broad SMARTS) is 1. The largest absolute Gasteiger partial charge is 0.481 e. The summed E-state index contributed by atoms with van der Waals surface area (Å²) in [6, 6.07) is 5.79. The number of carboxylic acids is 1. The van der Waals surface area contributed by atoms with Gasteiger partial charge >= 0.3 is 6.03 Å². The van der Waals surface area contributed by atoms with Crippen LogP contribution in [-0.2, 0) is 4.79 Å². The Morgan fingerprint density at radius 1 is 1.31 bits per heavy atom. The minimum atomic E-state index is -0.833. The highest BCUT2D eigenvalue weighted by Gasteiger charge is 2.16. The molecule has 4 N–H and O–H groups in total. The first-order valence-corrected chi connectivity index (χ1v) is 9.60. The number of benzene rings is 1. The number of hydrogen-bond donors (Lipinski definition) is 4. The van der Waals surface area contributed by atoms with E-state index in [4.69, 9.17) is 9.90 Å². The average Bonchev–Trinajstić information content (AvgIpc) is 3.18. The predicted molar refractivity (Wildman–Crippen MR) is 107 cm³/mol. The number of rotatable bonds is 5. The van der Waals surface area contributed by atoms with Crippen LogP contribution in [0.4, 0.5) is 9.18 Å². The van der Waals surface area contributed by atoms with Crippen LogP contribution < -0.4 is 16.0 Å². The standard InChI is InChI=1S/C18H24FN5O.C2H4O2/c1-13(23-18(25)21-10-14-6-8-20-9-7-14)15-11-22-24(12-15)17-4-2-16(19)3-5-17;1-2(3)4/h2-5,11-14,20H,6-10H2,1H3,(H2,21,23,25);1H3,(H,3,4). The van der Waals surface area contributed by atoms with Crippen molar-refractivity contribution in [2.75, 3.05) is 19.6 Å². The summed E-state index contributed by atoms with van der Waals surface area (Å²) in [4.78, 5) is 21.1. The van der Waals surface area contributed by atoms with Gasteiger partial charge in [0.05, 0.1) is 17.9 Å². The quantitative estimate of drug-likeness (QED) is 0.611. The average molecular weight is 405 g/mol. The third-order valence-corrected chi connectivity index (χ3v) is 4.55. The molecule has 8 nitrogen and oxygen atoms in total. The maximum absolute atomic E-state index is 13.0. The van der Waals surface area contributed by atoms with Crippen LogP contribution in [0.5, 0.6) is 0 Å². The van der Waals surface area contributed by atoms with E-state index in [2.05, 4.69) is 21.0 Å². The maximum atomic E-state index is 13.0. The van der Waals surface area contributed by atoms with Crippen molar-refractivity contribution in [2.45, 2.75) is 32.7 Å². The first-order valence-electron chi connectivity index (χ1n) is 9.60. The number of hydrogen-bond acceptors (Lipinski definition) is 4. The van der Waals surface area contributed by atoms with E-state index in [0.29, 0.717) is 12.5 Å². The Morgan fingerprint density at radius 3 is 2.55 bits per heavy atom. The summed E-state index contributed by atoms with van der Waals surface area (Å²) >= 11 is 0. The summed E-state index contributed by atoms with van der Waals surface area (Å²) in [5.74, 6) is -0.569. The van der Waals surface area contributed by atoms with Crippen LogP contribution in [0.15, 0.2) is 36.7 Å². The molecule has 3 rings (SSSR count). The smallest absolute Gasteiger partial charge is 0.315 e. The van der Waals surface area contributed by atoms with E-state index in [0.717, 1.165) is 44.1 Å².